The molecule has 0 atom stereocenters. The normalized spacial score (nSPS) is 10.6. The Labute approximate surface area is 65.5 Å². The molecule has 11 heavy (non-hydrogen) atoms. The van der Waals surface area contributed by atoms with Crippen molar-refractivity contribution >= 4 is 10.9 Å². The van der Waals surface area contributed by atoms with E-state index in [-0.39, 0.29) is 0 Å². The summed E-state index contributed by atoms with van der Waals surface area (Å²) in [5.74, 6) is 0. The van der Waals surface area contributed by atoms with Gasteiger partial charge in [0.25, 0.3) is 0 Å². The van der Waals surface area contributed by atoms with Crippen LogP contribution >= 0.6 is 0 Å². The van der Waals surface area contributed by atoms with Crippen molar-refractivity contribution in [2.24, 2.45) is 0 Å². The van der Waals surface area contributed by atoms with Crippen LogP contribution in [0.3, 0.4) is 0 Å². The molecule has 1 aromatic carbocycles. The summed E-state index contributed by atoms with van der Waals surface area (Å²) >= 11 is 0. The average Bonchev–Trinajstić information content (AvgIpc) is 2.47. The third kappa shape index (κ3) is 0.909. The number of hydrogen-bond donors (Lipinski definition) is 0. The Hall–Kier alpha value is -1.31. The first-order chi connectivity index (χ1) is 5.42. The summed E-state index contributed by atoms with van der Waals surface area (Å²) in [6.45, 7) is 3.03. The largest absolute Gasteiger partial charge is 0.265 e. The molecule has 2 nitrogen and oxygen atoms in total. The molecule has 2 heteroatoms. The van der Waals surface area contributed by atoms with Gasteiger partial charge in [-0.2, -0.15) is 5.10 Å². The second-order valence-corrected chi connectivity index (χ2v) is 2.52. The van der Waals surface area contributed by atoms with Crippen LogP contribution in [0.1, 0.15) is 6.92 Å². The van der Waals surface area contributed by atoms with E-state index in [1.54, 1.807) is 0 Å². The molecule has 56 valence electrons. The van der Waals surface area contributed by atoms with Crippen molar-refractivity contribution in [2.75, 3.05) is 0 Å². The smallest absolute Gasteiger partial charge is 0.0682 e. The molecule has 0 N–H and O–H groups in total. The van der Waals surface area contributed by atoms with Crippen molar-refractivity contribution in [3.63, 3.8) is 0 Å². The Morgan fingerprint density at radius 2 is 2.18 bits per heavy atom. The zero-order valence-corrected chi connectivity index (χ0v) is 6.49. The van der Waals surface area contributed by atoms with E-state index in [1.165, 1.54) is 10.9 Å². The minimum absolute atomic E-state index is 0.938. The van der Waals surface area contributed by atoms with Crippen LogP contribution in [-0.2, 0) is 6.54 Å². The summed E-state index contributed by atoms with van der Waals surface area (Å²) in [5, 5.41) is 5.45. The van der Waals surface area contributed by atoms with Gasteiger partial charge in [0, 0.05) is 11.9 Å². The van der Waals surface area contributed by atoms with E-state index in [4.69, 9.17) is 0 Å². The maximum absolute atomic E-state index is 4.23. The minimum atomic E-state index is 0.938. The van der Waals surface area contributed by atoms with Crippen LogP contribution in [0.5, 0.6) is 0 Å². The lowest BCUT2D eigenvalue weighted by atomic mass is 10.3. The highest BCUT2D eigenvalue weighted by Crippen LogP contribution is 2.11. The van der Waals surface area contributed by atoms with Gasteiger partial charge in [-0.3, -0.25) is 4.68 Å². The Balaban J connectivity index is 2.76. The first-order valence-corrected chi connectivity index (χ1v) is 3.82. The minimum Gasteiger partial charge on any atom is -0.265 e. The summed E-state index contributed by atoms with van der Waals surface area (Å²) < 4.78 is 2.00. The third-order valence-corrected chi connectivity index (χ3v) is 1.85. The van der Waals surface area contributed by atoms with Gasteiger partial charge in [0.05, 0.1) is 11.7 Å². The highest BCUT2D eigenvalue weighted by molar-refractivity contribution is 5.78. The van der Waals surface area contributed by atoms with E-state index in [0.717, 1.165) is 6.54 Å². The second-order valence-electron chi connectivity index (χ2n) is 2.52. The number of para-hydroxylation sites is 1. The van der Waals surface area contributed by atoms with Crippen LogP contribution in [0, 0.1) is 0 Å². The molecule has 0 bridgehead atoms. The average molecular weight is 146 g/mol. The van der Waals surface area contributed by atoms with E-state index in [0.29, 0.717) is 0 Å². The lowest BCUT2D eigenvalue weighted by Crippen LogP contribution is -1.94. The Morgan fingerprint density at radius 1 is 1.36 bits per heavy atom. The van der Waals surface area contributed by atoms with Crippen molar-refractivity contribution in [2.45, 2.75) is 13.5 Å². The first kappa shape index (κ1) is 6.40. The maximum atomic E-state index is 4.23. The monoisotopic (exact) mass is 146 g/mol. The van der Waals surface area contributed by atoms with Crippen LogP contribution < -0.4 is 0 Å². The number of aryl methyl sites for hydroxylation is 1. The molecule has 0 aliphatic heterocycles. The van der Waals surface area contributed by atoms with Gasteiger partial charge >= 0.3 is 0 Å². The molecule has 0 amide bonds. The highest BCUT2D eigenvalue weighted by Gasteiger charge is 1.96. The molecule has 2 rings (SSSR count). The molecular formula is C9H10N2. The zero-order valence-electron chi connectivity index (χ0n) is 6.49. The van der Waals surface area contributed by atoms with Crippen molar-refractivity contribution in [3.05, 3.63) is 30.5 Å². The number of nitrogens with zero attached hydrogens (tertiary/aromatic N) is 2. The zero-order chi connectivity index (χ0) is 7.68. The quantitative estimate of drug-likeness (QED) is 0.602. The predicted octanol–water partition coefficient (Wildman–Crippen LogP) is 2.06. The summed E-state index contributed by atoms with van der Waals surface area (Å²) in [4.78, 5) is 0. The molecule has 0 unspecified atom stereocenters. The number of fused-ring (bicyclic) bond motifs is 1. The van der Waals surface area contributed by atoms with Crippen molar-refractivity contribution in [3.8, 4) is 0 Å². The van der Waals surface area contributed by atoms with Gasteiger partial charge in [0.15, 0.2) is 0 Å². The van der Waals surface area contributed by atoms with Crippen molar-refractivity contribution < 1.29 is 0 Å². The van der Waals surface area contributed by atoms with Gasteiger partial charge in [0.1, 0.15) is 0 Å². The van der Waals surface area contributed by atoms with Crippen LogP contribution in [0.15, 0.2) is 30.5 Å². The molecule has 2 aromatic rings. The summed E-state index contributed by atoms with van der Waals surface area (Å²) in [6.07, 6.45) is 1.90. The molecule has 1 aromatic heterocycles. The number of hydrogen-bond acceptors (Lipinski definition) is 1. The standard InChI is InChI=1S/C9H10N2/c1-2-11-9-6-4-3-5-8(9)7-10-11/h3-7H,2H2,1H3. The number of rotatable bonds is 1. The summed E-state index contributed by atoms with van der Waals surface area (Å²) in [6, 6.07) is 8.24. The van der Waals surface area contributed by atoms with Crippen LogP contribution in [0.2, 0.25) is 0 Å². The summed E-state index contributed by atoms with van der Waals surface area (Å²) in [7, 11) is 0. The molecule has 0 aliphatic rings. The lowest BCUT2D eigenvalue weighted by Gasteiger charge is -1.95. The topological polar surface area (TPSA) is 17.8 Å². The lowest BCUT2D eigenvalue weighted by molar-refractivity contribution is 0.684. The van der Waals surface area contributed by atoms with E-state index < -0.39 is 0 Å². The fourth-order valence-electron chi connectivity index (χ4n) is 1.28. The first-order valence-electron chi connectivity index (χ1n) is 3.82. The van der Waals surface area contributed by atoms with Crippen LogP contribution in [0.4, 0.5) is 0 Å². The van der Waals surface area contributed by atoms with E-state index in [1.807, 2.05) is 23.0 Å². The van der Waals surface area contributed by atoms with Gasteiger partial charge < -0.3 is 0 Å². The maximum Gasteiger partial charge on any atom is 0.0682 e. The second kappa shape index (κ2) is 2.38. The Morgan fingerprint density at radius 3 is 3.00 bits per heavy atom. The van der Waals surface area contributed by atoms with Gasteiger partial charge in [-0.1, -0.05) is 18.2 Å². The molecule has 0 fully saturated rings. The molecule has 0 spiro atoms. The number of benzene rings is 1. The highest BCUT2D eigenvalue weighted by atomic mass is 15.3. The van der Waals surface area contributed by atoms with Crippen molar-refractivity contribution in [1.82, 2.24) is 9.78 Å². The molecule has 0 saturated carbocycles. The Bertz CT molecular complexity index is 362. The fraction of sp³-hybridized carbons (Fsp3) is 0.222. The predicted molar refractivity (Wildman–Crippen MR) is 45.4 cm³/mol. The van der Waals surface area contributed by atoms with E-state index in [2.05, 4.69) is 24.2 Å². The van der Waals surface area contributed by atoms with Gasteiger partial charge in [-0.15, -0.1) is 0 Å². The number of aromatic nitrogens is 2. The van der Waals surface area contributed by atoms with Crippen LogP contribution in [0.25, 0.3) is 10.9 Å². The van der Waals surface area contributed by atoms with Crippen molar-refractivity contribution in [1.29, 1.82) is 0 Å². The fourth-order valence-corrected chi connectivity index (χ4v) is 1.28. The van der Waals surface area contributed by atoms with Gasteiger partial charge in [0.2, 0.25) is 0 Å². The third-order valence-electron chi connectivity index (χ3n) is 1.85. The SMILES string of the molecule is CCn1ncc2ccccc21. The van der Waals surface area contributed by atoms with E-state index in [9.17, 15) is 0 Å². The molecule has 0 saturated heterocycles. The molecule has 0 radical (unpaired) electrons. The summed E-state index contributed by atoms with van der Waals surface area (Å²) in [5.41, 5.74) is 1.22. The Kier molecular flexibility index (Phi) is 1.39. The van der Waals surface area contributed by atoms with Gasteiger partial charge in [-0.05, 0) is 13.0 Å². The molecule has 0 aliphatic carbocycles. The van der Waals surface area contributed by atoms with Crippen LogP contribution in [-0.4, -0.2) is 9.78 Å². The molecular weight excluding hydrogens is 136 g/mol. The molecule has 1 heterocycles. The van der Waals surface area contributed by atoms with E-state index >= 15 is 0 Å². The van der Waals surface area contributed by atoms with Gasteiger partial charge in [-0.25, -0.2) is 0 Å².